The van der Waals surface area contributed by atoms with E-state index < -0.39 is 10.8 Å². The zero-order valence-corrected chi connectivity index (χ0v) is 16.6. The fourth-order valence-electron chi connectivity index (χ4n) is 3.73. The number of carbonyl (C=O) groups excluding carboxylic acids is 1. The van der Waals surface area contributed by atoms with Crippen LogP contribution in [0, 0.1) is 10.1 Å². The maximum absolute atomic E-state index is 12.9. The van der Waals surface area contributed by atoms with E-state index in [0.29, 0.717) is 12.3 Å². The molecule has 0 unspecified atom stereocenters. The molecule has 1 N–H and O–H groups in total. The van der Waals surface area contributed by atoms with Crippen molar-refractivity contribution < 1.29 is 19.2 Å². The van der Waals surface area contributed by atoms with Gasteiger partial charge in [-0.1, -0.05) is 30.3 Å². The Morgan fingerprint density at radius 1 is 1.07 bits per heavy atom. The Hall–Kier alpha value is -3.87. The van der Waals surface area contributed by atoms with E-state index in [1.807, 2.05) is 24.3 Å². The molecule has 0 radical (unpaired) electrons. The Kier molecular flexibility index (Phi) is 5.10. The zero-order chi connectivity index (χ0) is 21.3. The van der Waals surface area contributed by atoms with E-state index in [1.165, 1.54) is 30.4 Å². The number of fused-ring (bicyclic) bond motifs is 3. The predicted octanol–water partition coefficient (Wildman–Crippen LogP) is 4.83. The van der Waals surface area contributed by atoms with Crippen LogP contribution in [0.3, 0.4) is 0 Å². The smallest absolute Gasteiger partial charge is 0.286 e. The van der Waals surface area contributed by atoms with Gasteiger partial charge in [0.05, 0.1) is 24.7 Å². The summed E-state index contributed by atoms with van der Waals surface area (Å²) in [5, 5.41) is 14.3. The molecule has 152 valence electrons. The molecule has 7 heteroatoms. The maximum atomic E-state index is 12.9. The number of benzene rings is 3. The Morgan fingerprint density at radius 3 is 2.57 bits per heavy atom. The van der Waals surface area contributed by atoms with Gasteiger partial charge < -0.3 is 14.8 Å². The largest absolute Gasteiger partial charge is 0.493 e. The highest BCUT2D eigenvalue weighted by atomic mass is 16.6. The molecular weight excluding hydrogens is 384 g/mol. The first-order chi connectivity index (χ1) is 14.5. The second-order valence-electron chi connectivity index (χ2n) is 6.87. The second-order valence-corrected chi connectivity index (χ2v) is 6.87. The van der Waals surface area contributed by atoms with Crippen LogP contribution in [0.2, 0.25) is 0 Å². The number of methoxy groups -OCH3 is 1. The van der Waals surface area contributed by atoms with Crippen molar-refractivity contribution in [3.63, 3.8) is 0 Å². The third kappa shape index (κ3) is 3.45. The number of hydrogen-bond acceptors (Lipinski definition) is 5. The van der Waals surface area contributed by atoms with Gasteiger partial charge in [0.2, 0.25) is 0 Å². The van der Waals surface area contributed by atoms with Crippen LogP contribution in [0.25, 0.3) is 11.1 Å². The molecule has 0 fully saturated rings. The van der Waals surface area contributed by atoms with Crippen LogP contribution in [-0.4, -0.2) is 24.5 Å². The third-order valence-electron chi connectivity index (χ3n) is 5.07. The topological polar surface area (TPSA) is 90.7 Å². The standard InChI is InChI=1S/C23H20N2O5/c1-3-30-22-12-19(20(25(27)28)13-21(22)29-2)23(26)24-16-8-9-18-15(11-16)10-14-6-4-5-7-17(14)18/h4-9,11-13H,3,10H2,1-2H3,(H,24,26). The molecule has 4 rings (SSSR count). The van der Waals surface area contributed by atoms with Crippen LogP contribution in [0.5, 0.6) is 11.5 Å². The van der Waals surface area contributed by atoms with Crippen molar-refractivity contribution in [2.45, 2.75) is 13.3 Å². The molecule has 3 aromatic carbocycles. The maximum Gasteiger partial charge on any atom is 0.286 e. The van der Waals surface area contributed by atoms with E-state index in [4.69, 9.17) is 9.47 Å². The fraction of sp³-hybridized carbons (Fsp3) is 0.174. The Balaban J connectivity index is 1.65. The van der Waals surface area contributed by atoms with E-state index in [0.717, 1.165) is 17.5 Å². The number of nitro benzene ring substituents is 1. The van der Waals surface area contributed by atoms with Gasteiger partial charge >= 0.3 is 0 Å². The van der Waals surface area contributed by atoms with Gasteiger partial charge in [0.25, 0.3) is 11.6 Å². The summed E-state index contributed by atoms with van der Waals surface area (Å²) in [6.07, 6.45) is 0.784. The molecule has 1 aliphatic rings. The summed E-state index contributed by atoms with van der Waals surface area (Å²) in [7, 11) is 1.39. The van der Waals surface area contributed by atoms with Crippen molar-refractivity contribution in [1.82, 2.24) is 0 Å². The summed E-state index contributed by atoms with van der Waals surface area (Å²) in [6, 6.07) is 16.4. The quantitative estimate of drug-likeness (QED) is 0.367. The number of nitrogens with zero attached hydrogens (tertiary/aromatic N) is 1. The molecule has 3 aromatic rings. The molecular formula is C23H20N2O5. The number of amides is 1. The summed E-state index contributed by atoms with van der Waals surface area (Å²) >= 11 is 0. The fourth-order valence-corrected chi connectivity index (χ4v) is 3.73. The van der Waals surface area contributed by atoms with Crippen molar-refractivity contribution in [3.8, 4) is 22.6 Å². The average Bonchev–Trinajstić information content (AvgIpc) is 3.11. The van der Waals surface area contributed by atoms with Gasteiger partial charge in [-0.25, -0.2) is 0 Å². The monoisotopic (exact) mass is 404 g/mol. The van der Waals surface area contributed by atoms with Crippen LogP contribution in [0.4, 0.5) is 11.4 Å². The number of anilines is 1. The Morgan fingerprint density at radius 2 is 1.83 bits per heavy atom. The minimum Gasteiger partial charge on any atom is -0.493 e. The van der Waals surface area contributed by atoms with Gasteiger partial charge in [0, 0.05) is 11.8 Å². The lowest BCUT2D eigenvalue weighted by Gasteiger charge is -2.12. The molecule has 0 heterocycles. The van der Waals surface area contributed by atoms with Crippen molar-refractivity contribution in [2.75, 3.05) is 19.0 Å². The SMILES string of the molecule is CCOc1cc(C(=O)Nc2ccc3c(c2)Cc2ccccc2-3)c([N+](=O)[O-])cc1OC. The predicted molar refractivity (Wildman–Crippen MR) is 113 cm³/mol. The van der Waals surface area contributed by atoms with Crippen LogP contribution in [0.1, 0.15) is 28.4 Å². The van der Waals surface area contributed by atoms with Crippen LogP contribution in [0.15, 0.2) is 54.6 Å². The highest BCUT2D eigenvalue weighted by molar-refractivity contribution is 6.07. The van der Waals surface area contributed by atoms with Gasteiger partial charge in [0.1, 0.15) is 5.56 Å². The van der Waals surface area contributed by atoms with Gasteiger partial charge in [-0.3, -0.25) is 14.9 Å². The first kappa shape index (κ1) is 19.4. The van der Waals surface area contributed by atoms with E-state index in [2.05, 4.69) is 17.4 Å². The lowest BCUT2D eigenvalue weighted by atomic mass is 10.1. The lowest BCUT2D eigenvalue weighted by molar-refractivity contribution is -0.385. The molecule has 0 spiro atoms. The van der Waals surface area contributed by atoms with Crippen molar-refractivity contribution >= 4 is 17.3 Å². The average molecular weight is 404 g/mol. The molecule has 0 saturated carbocycles. The number of ether oxygens (including phenoxy) is 2. The number of carbonyl (C=O) groups is 1. The summed E-state index contributed by atoms with van der Waals surface area (Å²) in [5.74, 6) is -0.101. The van der Waals surface area contributed by atoms with Gasteiger partial charge in [-0.15, -0.1) is 0 Å². The highest BCUT2D eigenvalue weighted by Crippen LogP contribution is 2.38. The summed E-state index contributed by atoms with van der Waals surface area (Å²) in [5.41, 5.74) is 4.82. The highest BCUT2D eigenvalue weighted by Gasteiger charge is 2.25. The molecule has 0 aliphatic heterocycles. The van der Waals surface area contributed by atoms with Gasteiger partial charge in [0.15, 0.2) is 11.5 Å². The molecule has 1 amide bonds. The van der Waals surface area contributed by atoms with Crippen LogP contribution < -0.4 is 14.8 Å². The molecule has 0 aromatic heterocycles. The molecule has 30 heavy (non-hydrogen) atoms. The molecule has 0 saturated heterocycles. The van der Waals surface area contributed by atoms with Crippen LogP contribution >= 0.6 is 0 Å². The molecule has 0 bridgehead atoms. The van der Waals surface area contributed by atoms with E-state index in [1.54, 1.807) is 13.0 Å². The van der Waals surface area contributed by atoms with Crippen molar-refractivity contribution in [3.05, 3.63) is 81.4 Å². The summed E-state index contributed by atoms with van der Waals surface area (Å²) in [4.78, 5) is 23.8. The number of rotatable bonds is 6. The molecule has 1 aliphatic carbocycles. The van der Waals surface area contributed by atoms with Gasteiger partial charge in [-0.2, -0.15) is 0 Å². The summed E-state index contributed by atoms with van der Waals surface area (Å²) < 4.78 is 10.6. The minimum atomic E-state index is -0.605. The minimum absolute atomic E-state index is 0.0898. The molecule has 7 nitrogen and oxygen atoms in total. The molecule has 0 atom stereocenters. The zero-order valence-electron chi connectivity index (χ0n) is 16.6. The number of nitro groups is 1. The Labute approximate surface area is 173 Å². The third-order valence-corrected chi connectivity index (χ3v) is 5.07. The summed E-state index contributed by atoms with van der Waals surface area (Å²) in [6.45, 7) is 2.11. The first-order valence-electron chi connectivity index (χ1n) is 9.53. The van der Waals surface area contributed by atoms with E-state index in [9.17, 15) is 14.9 Å². The van der Waals surface area contributed by atoms with E-state index in [-0.39, 0.29) is 22.7 Å². The number of nitrogens with one attached hydrogen (secondary N) is 1. The lowest BCUT2D eigenvalue weighted by Crippen LogP contribution is -2.15. The van der Waals surface area contributed by atoms with Crippen LogP contribution in [-0.2, 0) is 6.42 Å². The number of hydrogen-bond donors (Lipinski definition) is 1. The van der Waals surface area contributed by atoms with Crippen molar-refractivity contribution in [2.24, 2.45) is 0 Å². The Bertz CT molecular complexity index is 1160. The van der Waals surface area contributed by atoms with E-state index >= 15 is 0 Å². The second kappa shape index (κ2) is 7.87. The first-order valence-corrected chi connectivity index (χ1v) is 9.53. The van der Waals surface area contributed by atoms with Gasteiger partial charge in [-0.05, 0) is 47.7 Å². The normalized spacial score (nSPS) is 11.4. The van der Waals surface area contributed by atoms with Crippen molar-refractivity contribution in [1.29, 1.82) is 0 Å².